The second-order valence-electron chi connectivity index (χ2n) is 4.66. The molecule has 0 saturated carbocycles. The Morgan fingerprint density at radius 2 is 1.60 bits per heavy atom. The first-order valence-corrected chi connectivity index (χ1v) is 6.36. The molecule has 0 fully saturated rings. The molecule has 20 heavy (non-hydrogen) atoms. The Kier molecular flexibility index (Phi) is 3.06. The van der Waals surface area contributed by atoms with Gasteiger partial charge in [-0.2, -0.15) is 0 Å². The molecule has 0 aromatic heterocycles. The summed E-state index contributed by atoms with van der Waals surface area (Å²) < 4.78 is 10.6. The minimum absolute atomic E-state index is 0.0136. The van der Waals surface area contributed by atoms with Gasteiger partial charge >= 0.3 is 0 Å². The summed E-state index contributed by atoms with van der Waals surface area (Å²) in [6.07, 6.45) is 0.357. The van der Waals surface area contributed by atoms with Crippen molar-refractivity contribution < 1.29 is 14.3 Å². The highest BCUT2D eigenvalue weighted by Gasteiger charge is 2.19. The molecule has 1 heterocycles. The van der Waals surface area contributed by atoms with Gasteiger partial charge in [0.05, 0.1) is 20.6 Å². The Morgan fingerprint density at radius 1 is 0.950 bits per heavy atom. The van der Waals surface area contributed by atoms with Gasteiger partial charge in [-0.25, -0.2) is 0 Å². The van der Waals surface area contributed by atoms with E-state index in [0.717, 1.165) is 33.9 Å². The molecular formula is C16H15NO3. The van der Waals surface area contributed by atoms with Crippen molar-refractivity contribution in [2.24, 2.45) is 0 Å². The van der Waals surface area contributed by atoms with Gasteiger partial charge in [-0.15, -0.1) is 0 Å². The predicted molar refractivity (Wildman–Crippen MR) is 77.3 cm³/mol. The van der Waals surface area contributed by atoms with Gasteiger partial charge in [0, 0.05) is 11.3 Å². The molecule has 1 N–H and O–H groups in total. The molecule has 4 heteroatoms. The third-order valence-electron chi connectivity index (χ3n) is 3.46. The highest BCUT2D eigenvalue weighted by atomic mass is 16.5. The van der Waals surface area contributed by atoms with E-state index in [1.165, 1.54) is 0 Å². The fourth-order valence-corrected chi connectivity index (χ4v) is 2.44. The number of anilines is 1. The van der Waals surface area contributed by atoms with Gasteiger partial charge in [-0.3, -0.25) is 4.79 Å². The summed E-state index contributed by atoms with van der Waals surface area (Å²) in [6.45, 7) is 0. The first kappa shape index (κ1) is 12.5. The molecule has 0 unspecified atom stereocenters. The first-order valence-electron chi connectivity index (χ1n) is 6.36. The van der Waals surface area contributed by atoms with E-state index in [1.54, 1.807) is 14.2 Å². The molecule has 0 radical (unpaired) electrons. The highest BCUT2D eigenvalue weighted by molar-refractivity contribution is 6.01. The largest absolute Gasteiger partial charge is 0.497 e. The number of hydrogen-bond acceptors (Lipinski definition) is 3. The molecule has 0 saturated heterocycles. The average Bonchev–Trinajstić information content (AvgIpc) is 2.61. The van der Waals surface area contributed by atoms with E-state index in [4.69, 9.17) is 9.47 Å². The summed E-state index contributed by atoms with van der Waals surface area (Å²) in [7, 11) is 3.26. The van der Waals surface area contributed by atoms with Crippen LogP contribution >= 0.6 is 0 Å². The van der Waals surface area contributed by atoms with Crippen LogP contribution < -0.4 is 14.8 Å². The van der Waals surface area contributed by atoms with E-state index in [9.17, 15) is 4.79 Å². The molecule has 0 aliphatic carbocycles. The highest BCUT2D eigenvalue weighted by Crippen LogP contribution is 2.38. The van der Waals surface area contributed by atoms with Gasteiger partial charge in [-0.05, 0) is 41.5 Å². The van der Waals surface area contributed by atoms with Crippen LogP contribution in [0.25, 0.3) is 11.1 Å². The Morgan fingerprint density at radius 3 is 2.30 bits per heavy atom. The maximum Gasteiger partial charge on any atom is 0.228 e. The number of ether oxygens (including phenoxy) is 2. The summed E-state index contributed by atoms with van der Waals surface area (Å²) >= 11 is 0. The number of carbonyl (C=O) groups excluding carboxylic acids is 1. The van der Waals surface area contributed by atoms with Crippen LogP contribution in [-0.4, -0.2) is 20.1 Å². The maximum atomic E-state index is 11.9. The molecule has 2 aromatic carbocycles. The third-order valence-corrected chi connectivity index (χ3v) is 3.46. The summed E-state index contributed by atoms with van der Waals surface area (Å²) in [5.41, 5.74) is 3.72. The van der Waals surface area contributed by atoms with E-state index >= 15 is 0 Å². The Hall–Kier alpha value is -2.49. The van der Waals surface area contributed by atoms with E-state index in [2.05, 4.69) is 5.32 Å². The van der Waals surface area contributed by atoms with E-state index in [1.807, 2.05) is 36.4 Å². The SMILES string of the molecule is COc1ccc2c(c1)-c1cc(OC)ccc1NC(=O)C2. The number of rotatable bonds is 2. The second-order valence-corrected chi connectivity index (χ2v) is 4.66. The van der Waals surface area contributed by atoms with Gasteiger partial charge in [0.15, 0.2) is 0 Å². The summed E-state index contributed by atoms with van der Waals surface area (Å²) in [5.74, 6) is 1.51. The van der Waals surface area contributed by atoms with Crippen LogP contribution in [0.5, 0.6) is 11.5 Å². The summed E-state index contributed by atoms with van der Waals surface area (Å²) in [4.78, 5) is 11.9. The van der Waals surface area contributed by atoms with Crippen molar-refractivity contribution in [3.63, 3.8) is 0 Å². The minimum atomic E-state index is -0.0136. The van der Waals surface area contributed by atoms with Crippen molar-refractivity contribution in [1.29, 1.82) is 0 Å². The number of carbonyl (C=O) groups is 1. The number of hydrogen-bond donors (Lipinski definition) is 1. The molecule has 1 aliphatic heterocycles. The standard InChI is InChI=1S/C16H15NO3/c1-19-11-4-3-10-7-16(18)17-15-6-5-12(20-2)9-14(15)13(10)8-11/h3-6,8-9H,7H2,1-2H3,(H,17,18). The molecule has 102 valence electrons. The zero-order chi connectivity index (χ0) is 14.1. The number of fused-ring (bicyclic) bond motifs is 3. The lowest BCUT2D eigenvalue weighted by Crippen LogP contribution is -2.12. The predicted octanol–water partition coefficient (Wildman–Crippen LogP) is 2.87. The van der Waals surface area contributed by atoms with Gasteiger partial charge in [-0.1, -0.05) is 6.07 Å². The quantitative estimate of drug-likeness (QED) is 0.912. The van der Waals surface area contributed by atoms with E-state index in [-0.39, 0.29) is 5.91 Å². The number of amides is 1. The molecule has 1 amide bonds. The Balaban J connectivity index is 2.25. The van der Waals surface area contributed by atoms with Crippen LogP contribution in [0.1, 0.15) is 5.56 Å². The molecule has 0 spiro atoms. The first-order chi connectivity index (χ1) is 9.71. The molecule has 0 atom stereocenters. The van der Waals surface area contributed by atoms with Crippen molar-refractivity contribution in [3.8, 4) is 22.6 Å². The van der Waals surface area contributed by atoms with Gasteiger partial charge < -0.3 is 14.8 Å². The van der Waals surface area contributed by atoms with E-state index < -0.39 is 0 Å². The molecule has 3 rings (SSSR count). The Labute approximate surface area is 117 Å². The van der Waals surface area contributed by atoms with Gasteiger partial charge in [0.1, 0.15) is 11.5 Å². The van der Waals surface area contributed by atoms with Crippen molar-refractivity contribution in [1.82, 2.24) is 0 Å². The fourth-order valence-electron chi connectivity index (χ4n) is 2.44. The smallest absolute Gasteiger partial charge is 0.228 e. The van der Waals surface area contributed by atoms with Crippen molar-refractivity contribution in [2.45, 2.75) is 6.42 Å². The average molecular weight is 269 g/mol. The van der Waals surface area contributed by atoms with Crippen LogP contribution in [0, 0.1) is 0 Å². The zero-order valence-electron chi connectivity index (χ0n) is 11.4. The van der Waals surface area contributed by atoms with Crippen molar-refractivity contribution in [3.05, 3.63) is 42.0 Å². The summed E-state index contributed by atoms with van der Waals surface area (Å²) in [6, 6.07) is 11.4. The lowest BCUT2D eigenvalue weighted by molar-refractivity contribution is -0.115. The molecule has 0 bridgehead atoms. The lowest BCUT2D eigenvalue weighted by atomic mass is 9.97. The van der Waals surface area contributed by atoms with Crippen LogP contribution in [-0.2, 0) is 11.2 Å². The number of benzene rings is 2. The molecule has 4 nitrogen and oxygen atoms in total. The monoisotopic (exact) mass is 269 g/mol. The normalized spacial score (nSPS) is 12.8. The van der Waals surface area contributed by atoms with Crippen LogP contribution in [0.4, 0.5) is 5.69 Å². The molecule has 1 aliphatic rings. The fraction of sp³-hybridized carbons (Fsp3) is 0.188. The maximum absolute atomic E-state index is 11.9. The molecule has 2 aromatic rings. The topological polar surface area (TPSA) is 47.6 Å². The lowest BCUT2D eigenvalue weighted by Gasteiger charge is -2.12. The van der Waals surface area contributed by atoms with E-state index in [0.29, 0.717) is 6.42 Å². The molecular weight excluding hydrogens is 254 g/mol. The number of nitrogens with one attached hydrogen (secondary N) is 1. The van der Waals surface area contributed by atoms with Crippen LogP contribution in [0.3, 0.4) is 0 Å². The minimum Gasteiger partial charge on any atom is -0.497 e. The second kappa shape index (κ2) is 4.89. The van der Waals surface area contributed by atoms with Gasteiger partial charge in [0.25, 0.3) is 0 Å². The zero-order valence-corrected chi connectivity index (χ0v) is 11.4. The third kappa shape index (κ3) is 2.09. The van der Waals surface area contributed by atoms with Crippen molar-refractivity contribution >= 4 is 11.6 Å². The van der Waals surface area contributed by atoms with Crippen LogP contribution in [0.15, 0.2) is 36.4 Å². The van der Waals surface area contributed by atoms with Crippen molar-refractivity contribution in [2.75, 3.05) is 19.5 Å². The Bertz CT molecular complexity index is 622. The summed E-state index contributed by atoms with van der Waals surface area (Å²) in [5, 5.41) is 2.92. The van der Waals surface area contributed by atoms with Gasteiger partial charge in [0.2, 0.25) is 5.91 Å². The number of methoxy groups -OCH3 is 2. The van der Waals surface area contributed by atoms with Crippen LogP contribution in [0.2, 0.25) is 0 Å².